The molecule has 1 saturated carbocycles. The second-order valence-corrected chi connectivity index (χ2v) is 5.74. The number of rotatable bonds is 4. The Hall–Kier alpha value is -0.0000000000000000833. The standard InChI is InChI=1S/C9H15F3NO2PS/c10-9(11,12)8(15)13-4-3-5-1-2-6(17-16)7(5)14/h5-7,14H,1-4,16H2,(H,13,15)/t5-,6+,7+/m1/s1. The van der Waals surface area contributed by atoms with Crippen molar-refractivity contribution in [2.24, 2.45) is 5.92 Å². The van der Waals surface area contributed by atoms with Gasteiger partial charge in [-0.3, -0.25) is 4.79 Å². The molecule has 0 aliphatic heterocycles. The number of nitrogens with one attached hydrogen (secondary N) is 1. The largest absolute Gasteiger partial charge is 0.471 e. The zero-order valence-electron chi connectivity index (χ0n) is 9.04. The lowest BCUT2D eigenvalue weighted by atomic mass is 10.0. The molecule has 1 aliphatic rings. The Morgan fingerprint density at radius 1 is 1.47 bits per heavy atom. The molecule has 1 aliphatic carbocycles. The molecule has 0 radical (unpaired) electrons. The Morgan fingerprint density at radius 3 is 2.59 bits per heavy atom. The first-order chi connectivity index (χ1) is 7.86. The van der Waals surface area contributed by atoms with Gasteiger partial charge in [0.1, 0.15) is 0 Å². The molecule has 0 aromatic rings. The van der Waals surface area contributed by atoms with Crippen LogP contribution >= 0.6 is 19.8 Å². The highest BCUT2D eigenvalue weighted by Crippen LogP contribution is 2.38. The summed E-state index contributed by atoms with van der Waals surface area (Å²) in [7, 11) is 2.48. The van der Waals surface area contributed by atoms with Crippen molar-refractivity contribution in [1.29, 1.82) is 0 Å². The number of aliphatic hydroxyl groups excluding tert-OH is 1. The summed E-state index contributed by atoms with van der Waals surface area (Å²) in [6, 6.07) is 0. The van der Waals surface area contributed by atoms with Crippen LogP contribution < -0.4 is 5.32 Å². The number of carbonyl (C=O) groups excluding carboxylic acids is 1. The van der Waals surface area contributed by atoms with Crippen molar-refractivity contribution in [3.63, 3.8) is 0 Å². The van der Waals surface area contributed by atoms with Crippen LogP contribution in [0, 0.1) is 5.92 Å². The van der Waals surface area contributed by atoms with Crippen molar-refractivity contribution >= 4 is 25.7 Å². The van der Waals surface area contributed by atoms with E-state index in [-0.39, 0.29) is 17.7 Å². The van der Waals surface area contributed by atoms with Crippen LogP contribution in [-0.2, 0) is 4.79 Å². The van der Waals surface area contributed by atoms with Crippen molar-refractivity contribution in [1.82, 2.24) is 5.32 Å². The number of aliphatic hydroxyl groups is 1. The Kier molecular flexibility index (Phi) is 5.54. The van der Waals surface area contributed by atoms with Gasteiger partial charge in [-0.15, -0.1) is 11.4 Å². The third kappa shape index (κ3) is 4.30. The van der Waals surface area contributed by atoms with E-state index in [2.05, 4.69) is 8.44 Å². The third-order valence-corrected chi connectivity index (χ3v) is 4.83. The van der Waals surface area contributed by atoms with Gasteiger partial charge in [-0.1, -0.05) is 8.44 Å². The van der Waals surface area contributed by atoms with Crippen LogP contribution in [0.2, 0.25) is 0 Å². The lowest BCUT2D eigenvalue weighted by Gasteiger charge is -2.18. The summed E-state index contributed by atoms with van der Waals surface area (Å²) in [6.07, 6.45) is -3.31. The average molecular weight is 289 g/mol. The predicted molar refractivity (Wildman–Crippen MR) is 63.5 cm³/mol. The SMILES string of the molecule is O=C(NCC[C@H]1CC[C@H](SP)[C@H]1O)C(F)(F)F. The first-order valence-electron chi connectivity index (χ1n) is 5.25. The zero-order chi connectivity index (χ0) is 13.1. The molecule has 0 aromatic carbocycles. The summed E-state index contributed by atoms with van der Waals surface area (Å²) in [4.78, 5) is 10.5. The lowest BCUT2D eigenvalue weighted by molar-refractivity contribution is -0.173. The molecule has 1 unspecified atom stereocenters. The molecule has 0 heterocycles. The summed E-state index contributed by atoms with van der Waals surface area (Å²) in [5, 5.41) is 11.7. The van der Waals surface area contributed by atoms with Crippen molar-refractivity contribution < 1.29 is 23.1 Å². The van der Waals surface area contributed by atoms with E-state index in [1.807, 2.05) is 5.32 Å². The first kappa shape index (κ1) is 15.1. The molecule has 2 N–H and O–H groups in total. The summed E-state index contributed by atoms with van der Waals surface area (Å²) in [5.41, 5.74) is 0. The number of alkyl halides is 3. The van der Waals surface area contributed by atoms with Crippen LogP contribution in [0.5, 0.6) is 0 Å². The highest BCUT2D eigenvalue weighted by molar-refractivity contribution is 8.44. The molecule has 1 rings (SSSR count). The molecule has 17 heavy (non-hydrogen) atoms. The van der Waals surface area contributed by atoms with E-state index in [4.69, 9.17) is 0 Å². The van der Waals surface area contributed by atoms with Gasteiger partial charge in [-0.2, -0.15) is 13.2 Å². The van der Waals surface area contributed by atoms with Crippen LogP contribution in [0.25, 0.3) is 0 Å². The monoisotopic (exact) mass is 289 g/mol. The van der Waals surface area contributed by atoms with Crippen molar-refractivity contribution in [2.75, 3.05) is 6.54 Å². The highest BCUT2D eigenvalue weighted by Gasteiger charge is 2.39. The van der Waals surface area contributed by atoms with Gasteiger partial charge in [0, 0.05) is 11.8 Å². The maximum absolute atomic E-state index is 11.9. The molecule has 0 saturated heterocycles. The van der Waals surface area contributed by atoms with Crippen molar-refractivity contribution in [3.8, 4) is 0 Å². The Labute approximate surface area is 104 Å². The molecule has 0 aromatic heterocycles. The minimum Gasteiger partial charge on any atom is -0.392 e. The van der Waals surface area contributed by atoms with E-state index in [9.17, 15) is 23.1 Å². The Balaban J connectivity index is 2.26. The van der Waals surface area contributed by atoms with Gasteiger partial charge < -0.3 is 10.4 Å². The number of carbonyl (C=O) groups is 1. The smallest absolute Gasteiger partial charge is 0.392 e. The number of halogens is 3. The van der Waals surface area contributed by atoms with Crippen LogP contribution in [-0.4, -0.2) is 35.1 Å². The second kappa shape index (κ2) is 6.25. The molecule has 0 spiro atoms. The topological polar surface area (TPSA) is 49.3 Å². The van der Waals surface area contributed by atoms with Crippen LogP contribution in [0.4, 0.5) is 13.2 Å². The van der Waals surface area contributed by atoms with Gasteiger partial charge in [0.05, 0.1) is 6.10 Å². The molecular formula is C9H15F3NO2PS. The Morgan fingerprint density at radius 2 is 2.12 bits per heavy atom. The fraction of sp³-hybridized carbons (Fsp3) is 0.889. The third-order valence-electron chi connectivity index (χ3n) is 2.92. The van der Waals surface area contributed by atoms with Gasteiger partial charge in [0.15, 0.2) is 0 Å². The summed E-state index contributed by atoms with van der Waals surface area (Å²) >= 11 is 1.49. The Bertz CT molecular complexity index is 277. The van der Waals surface area contributed by atoms with E-state index in [0.29, 0.717) is 6.42 Å². The molecule has 0 bridgehead atoms. The van der Waals surface area contributed by atoms with Crippen molar-refractivity contribution in [2.45, 2.75) is 36.8 Å². The van der Waals surface area contributed by atoms with Crippen molar-refractivity contribution in [3.05, 3.63) is 0 Å². The summed E-state index contributed by atoms with van der Waals surface area (Å²) < 4.78 is 35.6. The first-order valence-corrected chi connectivity index (χ1v) is 7.60. The van der Waals surface area contributed by atoms with Crippen LogP contribution in [0.3, 0.4) is 0 Å². The highest BCUT2D eigenvalue weighted by atomic mass is 32.7. The fourth-order valence-corrected chi connectivity index (χ4v) is 3.50. The van der Waals surface area contributed by atoms with Gasteiger partial charge in [-0.05, 0) is 25.2 Å². The summed E-state index contributed by atoms with van der Waals surface area (Å²) in [5.74, 6) is -1.94. The number of hydrogen-bond acceptors (Lipinski definition) is 3. The quantitative estimate of drug-likeness (QED) is 0.775. The van der Waals surface area contributed by atoms with E-state index < -0.39 is 18.2 Å². The van der Waals surface area contributed by atoms with Gasteiger partial charge in [0.2, 0.25) is 0 Å². The van der Waals surface area contributed by atoms with Crippen LogP contribution in [0.15, 0.2) is 0 Å². The van der Waals surface area contributed by atoms with E-state index >= 15 is 0 Å². The normalized spacial score (nSPS) is 29.4. The van der Waals surface area contributed by atoms with Gasteiger partial charge in [0.25, 0.3) is 0 Å². The summed E-state index contributed by atoms with van der Waals surface area (Å²) in [6.45, 7) is -0.0473. The van der Waals surface area contributed by atoms with E-state index in [0.717, 1.165) is 12.8 Å². The molecule has 1 fully saturated rings. The van der Waals surface area contributed by atoms with E-state index in [1.165, 1.54) is 11.4 Å². The molecular weight excluding hydrogens is 274 g/mol. The molecule has 100 valence electrons. The molecule has 8 heteroatoms. The minimum atomic E-state index is -4.83. The number of hydrogen-bond donors (Lipinski definition) is 2. The number of amides is 1. The second-order valence-electron chi connectivity index (χ2n) is 4.04. The van der Waals surface area contributed by atoms with Gasteiger partial charge in [-0.25, -0.2) is 0 Å². The van der Waals surface area contributed by atoms with Gasteiger partial charge >= 0.3 is 12.1 Å². The van der Waals surface area contributed by atoms with Crippen LogP contribution in [0.1, 0.15) is 19.3 Å². The maximum Gasteiger partial charge on any atom is 0.471 e. The average Bonchev–Trinajstić information content (AvgIpc) is 2.58. The van der Waals surface area contributed by atoms with E-state index in [1.54, 1.807) is 0 Å². The molecule has 4 atom stereocenters. The lowest BCUT2D eigenvalue weighted by Crippen LogP contribution is -2.38. The fourth-order valence-electron chi connectivity index (χ4n) is 1.96. The zero-order valence-corrected chi connectivity index (χ0v) is 11.0. The minimum absolute atomic E-state index is 0.0263. The predicted octanol–water partition coefficient (Wildman–Crippen LogP) is 1.72. The molecule has 1 amide bonds. The molecule has 3 nitrogen and oxygen atoms in total. The maximum atomic E-state index is 11.9.